The Morgan fingerprint density at radius 2 is 2.05 bits per heavy atom. The molecule has 0 spiro atoms. The highest BCUT2D eigenvalue weighted by atomic mass is 16.6. The predicted octanol–water partition coefficient (Wildman–Crippen LogP) is 2.81. The second-order valence-electron chi connectivity index (χ2n) is 5.18. The maximum Gasteiger partial charge on any atom is 0.407 e. The van der Waals surface area contributed by atoms with Gasteiger partial charge in [-0.3, -0.25) is 0 Å². The highest BCUT2D eigenvalue weighted by molar-refractivity contribution is 5.67. The van der Waals surface area contributed by atoms with Gasteiger partial charge in [0.2, 0.25) is 5.88 Å². The number of hydrogen-bond acceptors (Lipinski definition) is 4. The topological polar surface area (TPSA) is 60.5 Å². The van der Waals surface area contributed by atoms with Crippen LogP contribution < -0.4 is 10.1 Å². The SMILES string of the molecule is CCOc1ccc(CNC(=O)OC(C)(C)C)c(C)n1. The average molecular weight is 266 g/mol. The number of amides is 1. The number of carbonyl (C=O) groups excluding carboxylic acids is 1. The Kier molecular flexibility index (Phi) is 5.15. The fraction of sp³-hybridized carbons (Fsp3) is 0.571. The molecule has 1 N–H and O–H groups in total. The molecule has 0 atom stereocenters. The van der Waals surface area contributed by atoms with E-state index in [-0.39, 0.29) is 0 Å². The van der Waals surface area contributed by atoms with Crippen LogP contribution in [0.3, 0.4) is 0 Å². The largest absolute Gasteiger partial charge is 0.478 e. The summed E-state index contributed by atoms with van der Waals surface area (Å²) in [6.45, 7) is 10.3. The molecule has 5 heteroatoms. The normalized spacial score (nSPS) is 11.0. The van der Waals surface area contributed by atoms with E-state index in [2.05, 4.69) is 10.3 Å². The zero-order chi connectivity index (χ0) is 14.5. The number of alkyl carbamates (subject to hydrolysis) is 1. The molecular weight excluding hydrogens is 244 g/mol. The summed E-state index contributed by atoms with van der Waals surface area (Å²) in [4.78, 5) is 15.8. The molecule has 0 unspecified atom stereocenters. The molecule has 5 nitrogen and oxygen atoms in total. The molecule has 0 aromatic carbocycles. The molecule has 0 fully saturated rings. The molecule has 0 saturated carbocycles. The van der Waals surface area contributed by atoms with Gasteiger partial charge in [0, 0.05) is 18.3 Å². The summed E-state index contributed by atoms with van der Waals surface area (Å²) >= 11 is 0. The fourth-order valence-corrected chi connectivity index (χ4v) is 1.46. The van der Waals surface area contributed by atoms with Crippen LogP contribution in [0.15, 0.2) is 12.1 Å². The van der Waals surface area contributed by atoms with E-state index >= 15 is 0 Å². The molecule has 0 bridgehead atoms. The summed E-state index contributed by atoms with van der Waals surface area (Å²) in [6, 6.07) is 3.69. The van der Waals surface area contributed by atoms with Crippen LogP contribution in [0.1, 0.15) is 39.0 Å². The highest BCUT2D eigenvalue weighted by Crippen LogP contribution is 2.13. The molecule has 0 radical (unpaired) electrons. The Balaban J connectivity index is 2.56. The van der Waals surface area contributed by atoms with Gasteiger partial charge in [0.05, 0.1) is 6.61 Å². The van der Waals surface area contributed by atoms with Crippen LogP contribution in [-0.4, -0.2) is 23.3 Å². The Labute approximate surface area is 114 Å². The third-order valence-corrected chi connectivity index (χ3v) is 2.28. The molecule has 19 heavy (non-hydrogen) atoms. The van der Waals surface area contributed by atoms with E-state index in [9.17, 15) is 4.79 Å². The Morgan fingerprint density at radius 3 is 2.58 bits per heavy atom. The van der Waals surface area contributed by atoms with Crippen LogP contribution in [0.5, 0.6) is 5.88 Å². The van der Waals surface area contributed by atoms with E-state index in [0.717, 1.165) is 11.3 Å². The number of aromatic nitrogens is 1. The summed E-state index contributed by atoms with van der Waals surface area (Å²) in [7, 11) is 0. The highest BCUT2D eigenvalue weighted by Gasteiger charge is 2.16. The van der Waals surface area contributed by atoms with Gasteiger partial charge in [-0.25, -0.2) is 9.78 Å². The number of nitrogens with zero attached hydrogens (tertiary/aromatic N) is 1. The van der Waals surface area contributed by atoms with Gasteiger partial charge < -0.3 is 14.8 Å². The molecule has 0 aliphatic rings. The van der Waals surface area contributed by atoms with Crippen molar-refractivity contribution in [2.24, 2.45) is 0 Å². The smallest absolute Gasteiger partial charge is 0.407 e. The van der Waals surface area contributed by atoms with Crippen molar-refractivity contribution in [3.05, 3.63) is 23.4 Å². The van der Waals surface area contributed by atoms with E-state index < -0.39 is 11.7 Å². The van der Waals surface area contributed by atoms with Gasteiger partial charge in [-0.05, 0) is 40.2 Å². The third kappa shape index (κ3) is 5.59. The minimum Gasteiger partial charge on any atom is -0.478 e. The van der Waals surface area contributed by atoms with E-state index in [1.165, 1.54) is 0 Å². The Morgan fingerprint density at radius 1 is 1.37 bits per heavy atom. The molecule has 1 aromatic heterocycles. The first kappa shape index (κ1) is 15.3. The Bertz CT molecular complexity index is 439. The van der Waals surface area contributed by atoms with Crippen molar-refractivity contribution in [1.29, 1.82) is 0 Å². The third-order valence-electron chi connectivity index (χ3n) is 2.28. The second kappa shape index (κ2) is 6.41. The minimum atomic E-state index is -0.490. The number of rotatable bonds is 4. The standard InChI is InChI=1S/C14H22N2O3/c1-6-18-12-8-7-11(10(2)16-12)9-15-13(17)19-14(3,4)5/h7-8H,6,9H2,1-5H3,(H,15,17). The van der Waals surface area contributed by atoms with Gasteiger partial charge >= 0.3 is 6.09 Å². The molecule has 0 saturated heterocycles. The van der Waals surface area contributed by atoms with Crippen LogP contribution in [0, 0.1) is 6.92 Å². The molecule has 0 aliphatic carbocycles. The van der Waals surface area contributed by atoms with Crippen molar-refractivity contribution in [3.63, 3.8) is 0 Å². The lowest BCUT2D eigenvalue weighted by Crippen LogP contribution is -2.32. The van der Waals surface area contributed by atoms with Crippen LogP contribution in [-0.2, 0) is 11.3 Å². The number of pyridine rings is 1. The van der Waals surface area contributed by atoms with E-state index in [4.69, 9.17) is 9.47 Å². The van der Waals surface area contributed by atoms with Crippen LogP contribution in [0.25, 0.3) is 0 Å². The van der Waals surface area contributed by atoms with E-state index in [0.29, 0.717) is 19.0 Å². The van der Waals surface area contributed by atoms with Crippen molar-refractivity contribution in [1.82, 2.24) is 10.3 Å². The van der Waals surface area contributed by atoms with Crippen molar-refractivity contribution < 1.29 is 14.3 Å². The molecule has 1 amide bonds. The molecular formula is C14H22N2O3. The van der Waals surface area contributed by atoms with E-state index in [1.54, 1.807) is 6.07 Å². The van der Waals surface area contributed by atoms with Gasteiger partial charge in [-0.1, -0.05) is 6.07 Å². The summed E-state index contributed by atoms with van der Waals surface area (Å²) in [5.74, 6) is 0.598. The summed E-state index contributed by atoms with van der Waals surface area (Å²) in [6.07, 6.45) is -0.430. The molecule has 1 heterocycles. The molecule has 106 valence electrons. The summed E-state index contributed by atoms with van der Waals surface area (Å²) in [5, 5.41) is 2.71. The van der Waals surface area contributed by atoms with Crippen molar-refractivity contribution >= 4 is 6.09 Å². The lowest BCUT2D eigenvalue weighted by molar-refractivity contribution is 0.0523. The molecule has 1 aromatic rings. The summed E-state index contributed by atoms with van der Waals surface area (Å²) in [5.41, 5.74) is 1.28. The first-order chi connectivity index (χ1) is 8.81. The number of ether oxygens (including phenoxy) is 2. The molecule has 0 aliphatic heterocycles. The average Bonchev–Trinajstić information content (AvgIpc) is 2.26. The zero-order valence-corrected chi connectivity index (χ0v) is 12.2. The number of hydrogen-bond donors (Lipinski definition) is 1. The minimum absolute atomic E-state index is 0.389. The lowest BCUT2D eigenvalue weighted by Gasteiger charge is -2.19. The lowest BCUT2D eigenvalue weighted by atomic mass is 10.2. The van der Waals surface area contributed by atoms with Gasteiger partial charge in [0.1, 0.15) is 5.60 Å². The predicted molar refractivity (Wildman–Crippen MR) is 73.2 cm³/mol. The van der Waals surface area contributed by atoms with Gasteiger partial charge in [-0.15, -0.1) is 0 Å². The maximum absolute atomic E-state index is 11.5. The second-order valence-corrected chi connectivity index (χ2v) is 5.18. The number of carbonyl (C=O) groups is 1. The van der Waals surface area contributed by atoms with E-state index in [1.807, 2.05) is 40.7 Å². The van der Waals surface area contributed by atoms with Crippen molar-refractivity contribution in [2.45, 2.75) is 46.8 Å². The number of nitrogens with one attached hydrogen (secondary N) is 1. The summed E-state index contributed by atoms with van der Waals surface area (Å²) < 4.78 is 10.5. The first-order valence-electron chi connectivity index (χ1n) is 6.38. The number of aryl methyl sites for hydroxylation is 1. The van der Waals surface area contributed by atoms with Crippen molar-refractivity contribution in [2.75, 3.05) is 6.61 Å². The van der Waals surface area contributed by atoms with Crippen LogP contribution in [0.4, 0.5) is 4.79 Å². The van der Waals surface area contributed by atoms with Crippen LogP contribution >= 0.6 is 0 Å². The van der Waals surface area contributed by atoms with Crippen molar-refractivity contribution in [3.8, 4) is 5.88 Å². The maximum atomic E-state index is 11.5. The Hall–Kier alpha value is -1.78. The molecule has 1 rings (SSSR count). The van der Waals surface area contributed by atoms with Gasteiger partial charge in [-0.2, -0.15) is 0 Å². The van der Waals surface area contributed by atoms with Gasteiger partial charge in [0.25, 0.3) is 0 Å². The quantitative estimate of drug-likeness (QED) is 0.910. The monoisotopic (exact) mass is 266 g/mol. The zero-order valence-electron chi connectivity index (χ0n) is 12.2. The fourth-order valence-electron chi connectivity index (χ4n) is 1.46. The van der Waals surface area contributed by atoms with Crippen LogP contribution in [0.2, 0.25) is 0 Å². The first-order valence-corrected chi connectivity index (χ1v) is 6.38. The van der Waals surface area contributed by atoms with Gasteiger partial charge in [0.15, 0.2) is 0 Å².